The van der Waals surface area contributed by atoms with Gasteiger partial charge in [0.1, 0.15) is 10.8 Å². The molecule has 2 heterocycles. The van der Waals surface area contributed by atoms with E-state index in [9.17, 15) is 4.39 Å². The Morgan fingerprint density at radius 3 is 3.07 bits per heavy atom. The molecule has 1 N–H and O–H groups in total. The minimum atomic E-state index is -0.337. The molecule has 3 nitrogen and oxygen atoms in total. The van der Waals surface area contributed by atoms with Gasteiger partial charge in [0.2, 0.25) is 0 Å². The highest BCUT2D eigenvalue weighted by Gasteiger charge is 2.04. The highest BCUT2D eigenvalue weighted by Crippen LogP contribution is 2.21. The Labute approximate surface area is 91.0 Å². The van der Waals surface area contributed by atoms with E-state index in [1.807, 2.05) is 12.4 Å². The zero-order chi connectivity index (χ0) is 10.7. The van der Waals surface area contributed by atoms with Crippen molar-refractivity contribution in [2.45, 2.75) is 6.54 Å². The van der Waals surface area contributed by atoms with Crippen LogP contribution in [0.4, 0.5) is 4.39 Å². The van der Waals surface area contributed by atoms with Crippen molar-refractivity contribution < 1.29 is 4.39 Å². The second kappa shape index (κ2) is 4.46. The van der Waals surface area contributed by atoms with E-state index >= 15 is 0 Å². The first-order valence-corrected chi connectivity index (χ1v) is 5.37. The number of thiazole rings is 1. The first-order valence-electron chi connectivity index (χ1n) is 4.49. The van der Waals surface area contributed by atoms with E-state index in [1.165, 1.54) is 12.3 Å². The van der Waals surface area contributed by atoms with Gasteiger partial charge in [-0.05, 0) is 13.1 Å². The van der Waals surface area contributed by atoms with Crippen LogP contribution in [0, 0.1) is 5.82 Å². The number of halogens is 1. The van der Waals surface area contributed by atoms with Crippen LogP contribution in [0.1, 0.15) is 5.01 Å². The number of nitrogens with zero attached hydrogens (tertiary/aromatic N) is 2. The summed E-state index contributed by atoms with van der Waals surface area (Å²) in [5.41, 5.74) is 1.49. The van der Waals surface area contributed by atoms with Gasteiger partial charge in [-0.3, -0.25) is 4.98 Å². The normalized spacial score (nSPS) is 10.5. The fourth-order valence-corrected chi connectivity index (χ4v) is 2.04. The summed E-state index contributed by atoms with van der Waals surface area (Å²) >= 11 is 1.55. The maximum Gasteiger partial charge on any atom is 0.142 e. The van der Waals surface area contributed by atoms with E-state index < -0.39 is 0 Å². The molecule has 0 aromatic carbocycles. The van der Waals surface area contributed by atoms with Crippen molar-refractivity contribution in [3.05, 3.63) is 34.7 Å². The van der Waals surface area contributed by atoms with Gasteiger partial charge in [-0.25, -0.2) is 9.37 Å². The Balaban J connectivity index is 2.29. The molecule has 0 atom stereocenters. The number of hydrogen-bond donors (Lipinski definition) is 1. The first kappa shape index (κ1) is 10.2. The van der Waals surface area contributed by atoms with Crippen LogP contribution >= 0.6 is 11.3 Å². The molecule has 0 bridgehead atoms. The molecular formula is C10H10FN3S. The molecule has 2 aromatic rings. The molecule has 15 heavy (non-hydrogen) atoms. The average molecular weight is 223 g/mol. The van der Waals surface area contributed by atoms with Gasteiger partial charge >= 0.3 is 0 Å². The van der Waals surface area contributed by atoms with Crippen molar-refractivity contribution in [3.8, 4) is 11.3 Å². The summed E-state index contributed by atoms with van der Waals surface area (Å²) in [5, 5.41) is 5.91. The summed E-state index contributed by atoms with van der Waals surface area (Å²) in [6.45, 7) is 0.730. The lowest BCUT2D eigenvalue weighted by atomic mass is 10.2. The number of pyridine rings is 1. The molecule has 5 heteroatoms. The standard InChI is InChI=1S/C10H10FN3S/c1-12-5-10-14-9(6-15-10)7-2-8(11)4-13-3-7/h2-4,6,12H,5H2,1H3. The van der Waals surface area contributed by atoms with Gasteiger partial charge in [0.15, 0.2) is 0 Å². The maximum absolute atomic E-state index is 12.9. The van der Waals surface area contributed by atoms with Crippen molar-refractivity contribution >= 4 is 11.3 Å². The SMILES string of the molecule is CNCc1nc(-c2cncc(F)c2)cs1. The summed E-state index contributed by atoms with van der Waals surface area (Å²) in [6.07, 6.45) is 2.80. The van der Waals surface area contributed by atoms with E-state index in [0.717, 1.165) is 17.2 Å². The Bertz CT molecular complexity index is 455. The highest BCUT2D eigenvalue weighted by atomic mass is 32.1. The van der Waals surface area contributed by atoms with Crippen LogP contribution in [0.15, 0.2) is 23.8 Å². The van der Waals surface area contributed by atoms with Gasteiger partial charge < -0.3 is 5.32 Å². The lowest BCUT2D eigenvalue weighted by Crippen LogP contribution is -2.04. The third-order valence-corrected chi connectivity index (χ3v) is 2.73. The Hall–Kier alpha value is -1.33. The summed E-state index contributed by atoms with van der Waals surface area (Å²) < 4.78 is 12.9. The molecule has 2 aromatic heterocycles. The molecule has 2 rings (SSSR count). The Kier molecular flexibility index (Phi) is 3.03. The van der Waals surface area contributed by atoms with E-state index in [0.29, 0.717) is 5.56 Å². The molecule has 0 aliphatic heterocycles. The highest BCUT2D eigenvalue weighted by molar-refractivity contribution is 7.09. The van der Waals surface area contributed by atoms with Crippen LogP contribution < -0.4 is 5.32 Å². The molecule has 0 radical (unpaired) electrons. The average Bonchev–Trinajstić information content (AvgIpc) is 2.67. The van der Waals surface area contributed by atoms with Crippen molar-refractivity contribution in [3.63, 3.8) is 0 Å². The zero-order valence-corrected chi connectivity index (χ0v) is 9.01. The fraction of sp³-hybridized carbons (Fsp3) is 0.200. The maximum atomic E-state index is 12.9. The number of hydrogen-bond acceptors (Lipinski definition) is 4. The fourth-order valence-electron chi connectivity index (χ4n) is 1.23. The molecule has 0 fully saturated rings. The monoisotopic (exact) mass is 223 g/mol. The van der Waals surface area contributed by atoms with E-state index in [2.05, 4.69) is 15.3 Å². The zero-order valence-electron chi connectivity index (χ0n) is 8.20. The quantitative estimate of drug-likeness (QED) is 0.865. The van der Waals surface area contributed by atoms with Crippen LogP contribution in [0.25, 0.3) is 11.3 Å². The first-order chi connectivity index (χ1) is 7.29. The predicted molar refractivity (Wildman–Crippen MR) is 58.1 cm³/mol. The predicted octanol–water partition coefficient (Wildman–Crippen LogP) is 2.06. The summed E-state index contributed by atoms with van der Waals surface area (Å²) in [5.74, 6) is -0.337. The molecule has 0 aliphatic rings. The van der Waals surface area contributed by atoms with Crippen molar-refractivity contribution in [2.24, 2.45) is 0 Å². The summed E-state index contributed by atoms with van der Waals surface area (Å²) in [7, 11) is 1.87. The van der Waals surface area contributed by atoms with Crippen molar-refractivity contribution in [1.82, 2.24) is 15.3 Å². The van der Waals surface area contributed by atoms with Gasteiger partial charge in [0.25, 0.3) is 0 Å². The minimum absolute atomic E-state index is 0.337. The van der Waals surface area contributed by atoms with Crippen LogP contribution in [-0.2, 0) is 6.54 Å². The van der Waals surface area contributed by atoms with Crippen LogP contribution in [0.2, 0.25) is 0 Å². The largest absolute Gasteiger partial charge is 0.314 e. The van der Waals surface area contributed by atoms with E-state index in [1.54, 1.807) is 17.5 Å². The van der Waals surface area contributed by atoms with Gasteiger partial charge in [-0.2, -0.15) is 0 Å². The smallest absolute Gasteiger partial charge is 0.142 e. The minimum Gasteiger partial charge on any atom is -0.314 e. The van der Waals surface area contributed by atoms with Gasteiger partial charge in [0.05, 0.1) is 11.9 Å². The Morgan fingerprint density at radius 1 is 1.47 bits per heavy atom. The summed E-state index contributed by atoms with van der Waals surface area (Å²) in [4.78, 5) is 8.15. The Morgan fingerprint density at radius 2 is 2.33 bits per heavy atom. The van der Waals surface area contributed by atoms with Crippen LogP contribution in [0.3, 0.4) is 0 Å². The van der Waals surface area contributed by atoms with Crippen LogP contribution in [-0.4, -0.2) is 17.0 Å². The molecule has 0 aliphatic carbocycles. The van der Waals surface area contributed by atoms with Crippen molar-refractivity contribution in [2.75, 3.05) is 7.05 Å². The lowest BCUT2D eigenvalue weighted by molar-refractivity contribution is 0.622. The molecule has 0 saturated heterocycles. The second-order valence-corrected chi connectivity index (χ2v) is 3.99. The second-order valence-electron chi connectivity index (χ2n) is 3.05. The molecule has 0 unspecified atom stereocenters. The summed E-state index contributed by atoms with van der Waals surface area (Å²) in [6, 6.07) is 1.44. The number of aromatic nitrogens is 2. The van der Waals surface area contributed by atoms with Gasteiger partial charge in [-0.15, -0.1) is 11.3 Å². The molecule has 0 spiro atoms. The van der Waals surface area contributed by atoms with Crippen molar-refractivity contribution in [1.29, 1.82) is 0 Å². The molecule has 0 saturated carbocycles. The third-order valence-electron chi connectivity index (χ3n) is 1.88. The van der Waals surface area contributed by atoms with Gasteiger partial charge in [0, 0.05) is 23.7 Å². The third kappa shape index (κ3) is 2.37. The van der Waals surface area contributed by atoms with E-state index in [-0.39, 0.29) is 5.82 Å². The molecular weight excluding hydrogens is 213 g/mol. The van der Waals surface area contributed by atoms with Crippen LogP contribution in [0.5, 0.6) is 0 Å². The number of rotatable bonds is 3. The van der Waals surface area contributed by atoms with E-state index in [4.69, 9.17) is 0 Å². The molecule has 0 amide bonds. The lowest BCUT2D eigenvalue weighted by Gasteiger charge is -1.95. The number of nitrogens with one attached hydrogen (secondary N) is 1. The molecule has 78 valence electrons. The van der Waals surface area contributed by atoms with Gasteiger partial charge in [-0.1, -0.05) is 0 Å². The topological polar surface area (TPSA) is 37.8 Å².